The molecule has 5 aromatic heterocycles. The van der Waals surface area contributed by atoms with E-state index in [4.69, 9.17) is 4.98 Å². The summed E-state index contributed by atoms with van der Waals surface area (Å²) in [6, 6.07) is 11.0. The van der Waals surface area contributed by atoms with Gasteiger partial charge < -0.3 is 4.98 Å². The first-order valence-electron chi connectivity index (χ1n) is 12.3. The quantitative estimate of drug-likeness (QED) is 0.338. The predicted molar refractivity (Wildman–Crippen MR) is 140 cm³/mol. The normalized spacial score (nSPS) is 14.2. The molecule has 9 heteroatoms. The lowest BCUT2D eigenvalue weighted by Gasteiger charge is -2.15. The van der Waals surface area contributed by atoms with Gasteiger partial charge in [0, 0.05) is 65.7 Å². The molecule has 1 aliphatic rings. The third-order valence-electron chi connectivity index (χ3n) is 6.92. The van der Waals surface area contributed by atoms with E-state index in [1.165, 1.54) is 18.9 Å². The molecule has 0 saturated carbocycles. The number of aromatic nitrogens is 7. The Morgan fingerprint density at radius 3 is 2.65 bits per heavy atom. The van der Waals surface area contributed by atoms with Crippen molar-refractivity contribution in [3.8, 4) is 33.9 Å². The van der Waals surface area contributed by atoms with E-state index >= 15 is 4.39 Å². The van der Waals surface area contributed by atoms with Crippen LogP contribution in [0.25, 0.3) is 55.8 Å². The van der Waals surface area contributed by atoms with Gasteiger partial charge in [-0.25, -0.2) is 9.37 Å². The van der Waals surface area contributed by atoms with Gasteiger partial charge in [-0.05, 0) is 61.8 Å². The lowest BCUT2D eigenvalue weighted by atomic mass is 10.0. The number of benzene rings is 1. The molecule has 0 spiro atoms. The zero-order valence-corrected chi connectivity index (χ0v) is 19.9. The zero-order chi connectivity index (χ0) is 24.8. The maximum Gasteiger partial charge on any atom is 0.159 e. The van der Waals surface area contributed by atoms with Crippen molar-refractivity contribution < 1.29 is 4.39 Å². The van der Waals surface area contributed by atoms with Crippen molar-refractivity contribution in [1.29, 1.82) is 0 Å². The second-order valence-corrected chi connectivity index (χ2v) is 9.40. The molecule has 37 heavy (non-hydrogen) atoms. The maximum absolute atomic E-state index is 15.2. The Hall–Kier alpha value is -4.50. The SMILES string of the molecule is Fc1cc2[nH]nc(-c3nc4c(-c5cccnc5)nccc4[nH]3)c2cc1-c1cncc(CN2CCCC2)c1. The van der Waals surface area contributed by atoms with E-state index in [1.54, 1.807) is 24.8 Å². The Kier molecular flexibility index (Phi) is 5.21. The first-order chi connectivity index (χ1) is 18.2. The van der Waals surface area contributed by atoms with Gasteiger partial charge in [0.25, 0.3) is 0 Å². The highest BCUT2D eigenvalue weighted by Crippen LogP contribution is 2.34. The van der Waals surface area contributed by atoms with E-state index in [0.29, 0.717) is 22.6 Å². The number of aromatic amines is 2. The van der Waals surface area contributed by atoms with E-state index in [9.17, 15) is 0 Å². The van der Waals surface area contributed by atoms with Gasteiger partial charge in [-0.1, -0.05) is 0 Å². The lowest BCUT2D eigenvalue weighted by molar-refractivity contribution is 0.331. The fourth-order valence-electron chi connectivity index (χ4n) is 5.12. The summed E-state index contributed by atoms with van der Waals surface area (Å²) in [7, 11) is 0. The van der Waals surface area contributed by atoms with Crippen molar-refractivity contribution in [2.24, 2.45) is 0 Å². The maximum atomic E-state index is 15.2. The molecule has 0 aliphatic carbocycles. The number of imidazole rings is 1. The molecule has 1 fully saturated rings. The van der Waals surface area contributed by atoms with E-state index in [-0.39, 0.29) is 5.82 Å². The molecule has 6 heterocycles. The summed E-state index contributed by atoms with van der Waals surface area (Å²) in [5, 5.41) is 8.22. The van der Waals surface area contributed by atoms with Crippen LogP contribution in [0.1, 0.15) is 18.4 Å². The summed E-state index contributed by atoms with van der Waals surface area (Å²) < 4.78 is 15.2. The largest absolute Gasteiger partial charge is 0.336 e. The second-order valence-electron chi connectivity index (χ2n) is 9.40. The molecule has 0 radical (unpaired) electrons. The van der Waals surface area contributed by atoms with Gasteiger partial charge in [0.15, 0.2) is 5.82 Å². The Morgan fingerprint density at radius 2 is 1.78 bits per heavy atom. The van der Waals surface area contributed by atoms with Gasteiger partial charge in [-0.15, -0.1) is 0 Å². The summed E-state index contributed by atoms with van der Waals surface area (Å²) in [5.41, 5.74) is 6.71. The number of likely N-dealkylation sites (tertiary alicyclic amines) is 1. The van der Waals surface area contributed by atoms with Gasteiger partial charge in [0.2, 0.25) is 0 Å². The van der Waals surface area contributed by atoms with Crippen LogP contribution in [0.5, 0.6) is 0 Å². The zero-order valence-electron chi connectivity index (χ0n) is 19.9. The minimum absolute atomic E-state index is 0.324. The highest BCUT2D eigenvalue weighted by Gasteiger charge is 2.19. The number of halogens is 1. The van der Waals surface area contributed by atoms with Crippen molar-refractivity contribution in [2.45, 2.75) is 19.4 Å². The smallest absolute Gasteiger partial charge is 0.159 e. The fourth-order valence-corrected chi connectivity index (χ4v) is 5.12. The van der Waals surface area contributed by atoms with Crippen LogP contribution in [0.15, 0.2) is 67.4 Å². The molecule has 0 unspecified atom stereocenters. The Labute approximate surface area is 211 Å². The third-order valence-corrected chi connectivity index (χ3v) is 6.92. The Bertz CT molecular complexity index is 1730. The highest BCUT2D eigenvalue weighted by atomic mass is 19.1. The Morgan fingerprint density at radius 1 is 0.892 bits per heavy atom. The van der Waals surface area contributed by atoms with Crippen LogP contribution in [-0.2, 0) is 6.54 Å². The van der Waals surface area contributed by atoms with Crippen molar-refractivity contribution in [3.05, 3.63) is 78.8 Å². The summed E-state index contributed by atoms with van der Waals surface area (Å²) in [6.45, 7) is 3.02. The summed E-state index contributed by atoms with van der Waals surface area (Å²) >= 11 is 0. The molecule has 1 aliphatic heterocycles. The van der Waals surface area contributed by atoms with Gasteiger partial charge in [0.1, 0.15) is 17.0 Å². The number of H-pyrrole nitrogens is 2. The molecule has 7 rings (SSSR count). The molecule has 1 saturated heterocycles. The van der Waals surface area contributed by atoms with Crippen LogP contribution >= 0.6 is 0 Å². The van der Waals surface area contributed by atoms with Crippen molar-refractivity contribution in [3.63, 3.8) is 0 Å². The molecular weight excluding hydrogens is 467 g/mol. The van der Waals surface area contributed by atoms with Crippen LogP contribution in [0.3, 0.4) is 0 Å². The third kappa shape index (κ3) is 3.93. The first-order valence-corrected chi connectivity index (χ1v) is 12.3. The van der Waals surface area contributed by atoms with Gasteiger partial charge in [0.05, 0.1) is 16.7 Å². The van der Waals surface area contributed by atoms with Gasteiger partial charge in [-0.2, -0.15) is 5.10 Å². The number of nitrogens with zero attached hydrogens (tertiary/aromatic N) is 6. The van der Waals surface area contributed by atoms with Crippen LogP contribution in [0.2, 0.25) is 0 Å². The molecule has 2 N–H and O–H groups in total. The summed E-state index contributed by atoms with van der Waals surface area (Å²) in [5.74, 6) is 0.258. The van der Waals surface area contributed by atoms with Crippen LogP contribution in [0, 0.1) is 5.82 Å². The molecule has 0 bridgehead atoms. The van der Waals surface area contributed by atoms with E-state index in [1.807, 2.05) is 36.5 Å². The minimum atomic E-state index is -0.324. The van der Waals surface area contributed by atoms with Crippen LogP contribution in [-0.4, -0.2) is 53.1 Å². The highest BCUT2D eigenvalue weighted by molar-refractivity contribution is 5.97. The average Bonchev–Trinajstić information content (AvgIpc) is 3.68. The molecule has 6 aromatic rings. The number of hydrogen-bond donors (Lipinski definition) is 2. The van der Waals surface area contributed by atoms with Crippen molar-refractivity contribution >= 4 is 21.9 Å². The van der Waals surface area contributed by atoms with Gasteiger partial charge >= 0.3 is 0 Å². The van der Waals surface area contributed by atoms with Crippen molar-refractivity contribution in [2.75, 3.05) is 13.1 Å². The molecule has 1 aromatic carbocycles. The van der Waals surface area contributed by atoms with Crippen molar-refractivity contribution in [1.82, 2.24) is 40.0 Å². The minimum Gasteiger partial charge on any atom is -0.336 e. The summed E-state index contributed by atoms with van der Waals surface area (Å²) in [6.07, 6.45) is 11.3. The van der Waals surface area contributed by atoms with Crippen LogP contribution < -0.4 is 0 Å². The Balaban J connectivity index is 1.31. The molecule has 182 valence electrons. The van der Waals surface area contributed by atoms with Gasteiger partial charge in [-0.3, -0.25) is 25.0 Å². The van der Waals surface area contributed by atoms with E-state index < -0.39 is 0 Å². The number of hydrogen-bond acceptors (Lipinski definition) is 6. The molecule has 0 atom stereocenters. The molecular formula is C28H23FN8. The average molecular weight is 491 g/mol. The molecule has 8 nitrogen and oxygen atoms in total. The molecule has 0 amide bonds. The van der Waals surface area contributed by atoms with E-state index in [0.717, 1.165) is 58.4 Å². The summed E-state index contributed by atoms with van der Waals surface area (Å²) in [4.78, 5) is 23.8. The number of rotatable bonds is 5. The predicted octanol–water partition coefficient (Wildman–Crippen LogP) is 5.36. The second kappa shape index (κ2) is 8.86. The standard InChI is InChI=1S/C28H23FN8/c29-22-12-24-21(11-20(22)19-10-17(13-31-15-19)16-37-8-1-2-9-37)26(36-35-24)28-33-23-5-7-32-25(27(23)34-28)18-4-3-6-30-14-18/h3-7,10-15H,1-2,8-9,16H2,(H,33,34)(H,35,36). The number of fused-ring (bicyclic) bond motifs is 2. The fraction of sp³-hybridized carbons (Fsp3) is 0.179. The monoisotopic (exact) mass is 490 g/mol. The van der Waals surface area contributed by atoms with Crippen LogP contribution in [0.4, 0.5) is 4.39 Å². The topological polar surface area (TPSA) is 99.3 Å². The lowest BCUT2D eigenvalue weighted by Crippen LogP contribution is -2.18. The van der Waals surface area contributed by atoms with E-state index in [2.05, 4.69) is 35.0 Å². The first kappa shape index (κ1) is 21.8. The number of nitrogens with one attached hydrogen (secondary N) is 2. The number of pyridine rings is 3.